The van der Waals surface area contributed by atoms with Gasteiger partial charge in [0.1, 0.15) is 24.9 Å². The third-order valence-electron chi connectivity index (χ3n) is 2.69. The molecule has 0 bridgehead atoms. The minimum Gasteiger partial charge on any atom is -0.463 e. The molecule has 0 N–H and O–H groups in total. The second-order valence-electron chi connectivity index (χ2n) is 4.08. The molecule has 110 valence electrons. The summed E-state index contributed by atoms with van der Waals surface area (Å²) in [5.41, 5.74) is 0. The molecule has 19 heavy (non-hydrogen) atoms. The quantitative estimate of drug-likeness (QED) is 0.650. The van der Waals surface area contributed by atoms with Gasteiger partial charge in [0, 0.05) is 28.0 Å². The van der Waals surface area contributed by atoms with E-state index in [0.29, 0.717) is 0 Å². The van der Waals surface area contributed by atoms with Crippen LogP contribution in [0.25, 0.3) is 0 Å². The number of hydrogen-bond acceptors (Lipinski definition) is 7. The van der Waals surface area contributed by atoms with Crippen molar-refractivity contribution >= 4 is 11.9 Å². The van der Waals surface area contributed by atoms with Crippen molar-refractivity contribution in [1.29, 1.82) is 0 Å². The average molecular weight is 278 g/mol. The van der Waals surface area contributed by atoms with Gasteiger partial charge in [-0.1, -0.05) is 0 Å². The van der Waals surface area contributed by atoms with Crippen LogP contribution in [0.3, 0.4) is 0 Å². The molecule has 0 amide bonds. The van der Waals surface area contributed by atoms with Crippen LogP contribution in [0.5, 0.6) is 0 Å². The van der Waals surface area contributed by atoms with Crippen LogP contribution < -0.4 is 0 Å². The number of rotatable bonds is 5. The molecule has 0 unspecified atom stereocenters. The average Bonchev–Trinajstić information content (AvgIpc) is 2.41. The molecule has 0 spiro atoms. The zero-order valence-electron chi connectivity index (χ0n) is 13.0. The Bertz CT molecular complexity index is 352. The van der Waals surface area contributed by atoms with Crippen LogP contribution in [0.4, 0.5) is 0 Å². The number of hydrogen-bond donors (Lipinski definition) is 0. The summed E-state index contributed by atoms with van der Waals surface area (Å²) in [4.78, 5) is 22.1. The van der Waals surface area contributed by atoms with Crippen LogP contribution in [0.15, 0.2) is 0 Å². The minimum atomic E-state index is -0.877. The summed E-state index contributed by atoms with van der Waals surface area (Å²) in [5, 5.41) is 0. The van der Waals surface area contributed by atoms with E-state index in [0.717, 1.165) is 0 Å². The van der Waals surface area contributed by atoms with Gasteiger partial charge in [0.15, 0.2) is 6.10 Å². The first kappa shape index (κ1) is 12.8. The van der Waals surface area contributed by atoms with E-state index in [9.17, 15) is 9.59 Å². The van der Waals surface area contributed by atoms with Gasteiger partial charge < -0.3 is 23.7 Å². The van der Waals surface area contributed by atoms with E-state index < -0.39 is 36.4 Å². The number of esters is 2. The lowest BCUT2D eigenvalue weighted by molar-refractivity contribution is -0.225. The standard InChI is InChI=1S/C12H20O7/c1-7(13)17-6-10-12(19-8(2)14)11(16-4)9(15-3)5-18-10/h9-12H,5-6H2,1-4H3/t9-,10+,11+,12+/m0/s1/i3D,4D. The first-order chi connectivity index (χ1) is 9.99. The van der Waals surface area contributed by atoms with E-state index in [1.807, 2.05) is 0 Å². The smallest absolute Gasteiger partial charge is 0.303 e. The molecule has 1 rings (SSSR count). The Kier molecular flexibility index (Phi) is 5.01. The molecule has 0 radical (unpaired) electrons. The van der Waals surface area contributed by atoms with Gasteiger partial charge >= 0.3 is 11.9 Å². The van der Waals surface area contributed by atoms with E-state index >= 15 is 0 Å². The highest BCUT2D eigenvalue weighted by Crippen LogP contribution is 2.23. The predicted octanol–water partition coefficient (Wildman–Crippen LogP) is -0.0900. The van der Waals surface area contributed by atoms with Crippen molar-refractivity contribution in [3.05, 3.63) is 0 Å². The van der Waals surface area contributed by atoms with E-state index in [1.165, 1.54) is 13.8 Å². The summed E-state index contributed by atoms with van der Waals surface area (Å²) in [7, 11) is -0.673. The molecule has 0 aromatic heterocycles. The molecule has 1 heterocycles. The van der Waals surface area contributed by atoms with Gasteiger partial charge in [-0.25, -0.2) is 0 Å². The SMILES string of the molecule is [2H]CO[C@H]1[C@H](OC(C)=O)[C@@H](COC(C)=O)OC[C@@H]1OC[2H]. The van der Waals surface area contributed by atoms with Crippen molar-refractivity contribution in [1.82, 2.24) is 0 Å². The molecular formula is C12H20O7. The summed E-state index contributed by atoms with van der Waals surface area (Å²) in [5.74, 6) is -1.04. The van der Waals surface area contributed by atoms with E-state index in [-0.39, 0.29) is 27.4 Å². The highest BCUT2D eigenvalue weighted by Gasteiger charge is 2.43. The van der Waals surface area contributed by atoms with E-state index in [2.05, 4.69) is 0 Å². The van der Waals surface area contributed by atoms with Gasteiger partial charge in [0.05, 0.1) is 9.35 Å². The topological polar surface area (TPSA) is 80.3 Å². The summed E-state index contributed by atoms with van der Waals surface area (Å²) >= 11 is 0. The number of carbonyl (C=O) groups is 2. The Hall–Kier alpha value is -1.18. The number of carbonyl (C=O) groups excluding carboxylic acids is 2. The van der Waals surface area contributed by atoms with Crippen LogP contribution in [0.1, 0.15) is 16.6 Å². The van der Waals surface area contributed by atoms with Gasteiger partial charge in [-0.15, -0.1) is 0 Å². The van der Waals surface area contributed by atoms with Crippen LogP contribution in [-0.4, -0.2) is 63.7 Å². The summed E-state index contributed by atoms with van der Waals surface area (Å²) in [6, 6.07) is 0. The third-order valence-corrected chi connectivity index (χ3v) is 2.69. The van der Waals surface area contributed by atoms with Crippen molar-refractivity contribution in [3.63, 3.8) is 0 Å². The minimum absolute atomic E-state index is 0.0905. The van der Waals surface area contributed by atoms with Crippen molar-refractivity contribution < 1.29 is 36.0 Å². The van der Waals surface area contributed by atoms with Gasteiger partial charge in [0.2, 0.25) is 0 Å². The second-order valence-corrected chi connectivity index (χ2v) is 4.08. The Balaban J connectivity index is 2.83. The maximum atomic E-state index is 11.2. The monoisotopic (exact) mass is 278 g/mol. The normalized spacial score (nSPS) is 32.1. The van der Waals surface area contributed by atoms with Crippen molar-refractivity contribution in [3.8, 4) is 0 Å². The molecule has 0 aromatic carbocycles. The Morgan fingerprint density at radius 2 is 1.95 bits per heavy atom. The molecule has 0 aliphatic carbocycles. The largest absolute Gasteiger partial charge is 0.463 e. The molecule has 1 aliphatic rings. The molecule has 4 atom stereocenters. The second kappa shape index (κ2) is 7.42. The molecule has 0 saturated carbocycles. The fraction of sp³-hybridized carbons (Fsp3) is 0.833. The first-order valence-electron chi connectivity index (χ1n) is 7.14. The van der Waals surface area contributed by atoms with Crippen LogP contribution in [0, 0.1) is 0 Å². The van der Waals surface area contributed by atoms with Crippen molar-refractivity contribution in [2.75, 3.05) is 27.4 Å². The maximum Gasteiger partial charge on any atom is 0.303 e. The summed E-state index contributed by atoms with van der Waals surface area (Å²) in [6.07, 6.45) is -2.98. The van der Waals surface area contributed by atoms with Crippen LogP contribution in [-0.2, 0) is 33.3 Å². The molecule has 1 saturated heterocycles. The van der Waals surface area contributed by atoms with Crippen LogP contribution in [0.2, 0.25) is 0 Å². The Labute approximate surface area is 114 Å². The summed E-state index contributed by atoms with van der Waals surface area (Å²) < 4.78 is 40.2. The highest BCUT2D eigenvalue weighted by molar-refractivity contribution is 5.66. The molecule has 7 nitrogen and oxygen atoms in total. The fourth-order valence-electron chi connectivity index (χ4n) is 1.85. The van der Waals surface area contributed by atoms with Crippen molar-refractivity contribution in [2.45, 2.75) is 38.3 Å². The molecule has 0 aromatic rings. The lowest BCUT2D eigenvalue weighted by atomic mass is 10.00. The molecular weight excluding hydrogens is 256 g/mol. The maximum absolute atomic E-state index is 11.2. The van der Waals surface area contributed by atoms with Crippen molar-refractivity contribution in [2.24, 2.45) is 0 Å². The molecule has 7 heteroatoms. The zero-order valence-corrected chi connectivity index (χ0v) is 11.0. The lowest BCUT2D eigenvalue weighted by Gasteiger charge is -2.40. The summed E-state index contributed by atoms with van der Waals surface area (Å²) in [6.45, 7) is 2.48. The Morgan fingerprint density at radius 1 is 1.21 bits per heavy atom. The molecule has 1 aliphatic heterocycles. The fourth-order valence-corrected chi connectivity index (χ4v) is 1.85. The lowest BCUT2D eigenvalue weighted by Crippen LogP contribution is -2.57. The van der Waals surface area contributed by atoms with E-state index in [4.69, 9.17) is 26.4 Å². The highest BCUT2D eigenvalue weighted by atomic mass is 16.6. The first-order valence-corrected chi connectivity index (χ1v) is 5.73. The number of methoxy groups -OCH3 is 2. The van der Waals surface area contributed by atoms with Gasteiger partial charge in [0.25, 0.3) is 0 Å². The van der Waals surface area contributed by atoms with E-state index in [1.54, 1.807) is 0 Å². The predicted molar refractivity (Wildman–Crippen MR) is 63.5 cm³/mol. The van der Waals surface area contributed by atoms with Gasteiger partial charge in [-0.05, 0) is 0 Å². The third kappa shape index (κ3) is 4.45. The van der Waals surface area contributed by atoms with Gasteiger partial charge in [-0.2, -0.15) is 0 Å². The molecule has 1 fully saturated rings. The van der Waals surface area contributed by atoms with Gasteiger partial charge in [-0.3, -0.25) is 9.59 Å². The number of ether oxygens (including phenoxy) is 5. The Morgan fingerprint density at radius 3 is 2.53 bits per heavy atom. The zero-order chi connectivity index (χ0) is 15.8. The van der Waals surface area contributed by atoms with Crippen LogP contribution >= 0.6 is 0 Å².